The molecule has 1 aliphatic heterocycles. The Hall–Kier alpha value is -0.0700. The number of hydrogen-bond donors (Lipinski definition) is 2. The van der Waals surface area contributed by atoms with Crippen molar-refractivity contribution in [2.45, 2.75) is 56.5 Å². The first kappa shape index (κ1) is 23.6. The van der Waals surface area contributed by atoms with Gasteiger partial charge in [0.2, 0.25) is 0 Å². The summed E-state index contributed by atoms with van der Waals surface area (Å²) in [7, 11) is 0. The second-order valence-corrected chi connectivity index (χ2v) is 9.77. The van der Waals surface area contributed by atoms with Crippen molar-refractivity contribution in [1.82, 2.24) is 10.2 Å². The molecule has 0 bridgehead atoms. The number of hydrogen-bond acceptors (Lipinski definition) is 4. The summed E-state index contributed by atoms with van der Waals surface area (Å²) >= 11 is 14.8. The summed E-state index contributed by atoms with van der Waals surface area (Å²) in [6, 6.07) is 8.23. The minimum absolute atomic E-state index is 0.155. The number of piperazine rings is 1. The molecule has 164 valence electrons. The van der Waals surface area contributed by atoms with Crippen molar-refractivity contribution in [3.63, 3.8) is 0 Å². The van der Waals surface area contributed by atoms with Gasteiger partial charge in [0.15, 0.2) is 0 Å². The zero-order valence-corrected chi connectivity index (χ0v) is 19.2. The van der Waals surface area contributed by atoms with Crippen molar-refractivity contribution in [3.8, 4) is 0 Å². The molecule has 4 rings (SSSR count). The van der Waals surface area contributed by atoms with E-state index in [1.54, 1.807) is 0 Å². The Kier molecular flexibility index (Phi) is 9.37. The summed E-state index contributed by atoms with van der Waals surface area (Å²) < 4.78 is 3.19. The average molecular weight is 464 g/mol. The Morgan fingerprint density at radius 1 is 1.14 bits per heavy atom. The molecule has 0 aromatic heterocycles. The summed E-state index contributed by atoms with van der Waals surface area (Å²) in [4.78, 5) is 2.52. The number of aliphatic hydroxyl groups is 1. The topological polar surface area (TPSA) is 44.7 Å². The molecule has 4 atom stereocenters. The predicted octanol–water partition coefficient (Wildman–Crippen LogP) is 5.36. The predicted molar refractivity (Wildman–Crippen MR) is 121 cm³/mol. The maximum atomic E-state index is 11.9. The van der Waals surface area contributed by atoms with Crippen LogP contribution in [0.2, 0.25) is 5.02 Å². The van der Waals surface area contributed by atoms with E-state index in [1.165, 1.54) is 37.7 Å². The lowest BCUT2D eigenvalue weighted by molar-refractivity contribution is -0.0711. The Bertz CT molecular complexity index is 630. The molecule has 3 fully saturated rings. The first-order chi connectivity index (χ1) is 14.1. The van der Waals surface area contributed by atoms with E-state index in [1.807, 2.05) is 12.1 Å². The molecule has 2 N–H and O–H groups in total. The molecule has 1 saturated heterocycles. The van der Waals surface area contributed by atoms with Gasteiger partial charge >= 0.3 is 0 Å². The molecule has 4 unspecified atom stereocenters. The van der Waals surface area contributed by atoms with Gasteiger partial charge in [0.25, 0.3) is 0 Å². The van der Waals surface area contributed by atoms with Gasteiger partial charge in [-0.15, -0.1) is 0 Å². The van der Waals surface area contributed by atoms with Crippen LogP contribution in [0.3, 0.4) is 0 Å². The van der Waals surface area contributed by atoms with E-state index in [2.05, 4.69) is 49.9 Å². The van der Waals surface area contributed by atoms with Crippen molar-refractivity contribution in [2.75, 3.05) is 32.7 Å². The minimum atomic E-state index is -0.589. The molecule has 7 heteroatoms. The third kappa shape index (κ3) is 6.46. The van der Waals surface area contributed by atoms with Crippen LogP contribution in [0.1, 0.15) is 56.4 Å². The maximum absolute atomic E-state index is 11.9. The monoisotopic (exact) mass is 462 g/mol. The van der Waals surface area contributed by atoms with E-state index in [0.717, 1.165) is 56.5 Å². The van der Waals surface area contributed by atoms with Crippen molar-refractivity contribution in [2.24, 2.45) is 11.8 Å². The summed E-state index contributed by atoms with van der Waals surface area (Å²) in [5, 5.41) is 16.1. The highest BCUT2D eigenvalue weighted by Crippen LogP contribution is 2.49. The van der Waals surface area contributed by atoms with Gasteiger partial charge in [-0.05, 0) is 48.8 Å². The van der Waals surface area contributed by atoms with Crippen LogP contribution < -0.4 is 5.32 Å². The second-order valence-electron chi connectivity index (χ2n) is 8.87. The van der Waals surface area contributed by atoms with Crippen LogP contribution in [0.5, 0.6) is 0 Å². The normalized spacial score (nSPS) is 31.3. The molecule has 3 aliphatic rings. The van der Waals surface area contributed by atoms with Gasteiger partial charge in [0.1, 0.15) is 0 Å². The van der Waals surface area contributed by atoms with Crippen molar-refractivity contribution < 1.29 is 8.95 Å². The lowest BCUT2D eigenvalue weighted by atomic mass is 9.61. The van der Waals surface area contributed by atoms with E-state index in [9.17, 15) is 5.11 Å². The third-order valence-electron chi connectivity index (χ3n) is 7.18. The fourth-order valence-electron chi connectivity index (χ4n) is 5.70. The molecule has 29 heavy (non-hydrogen) atoms. The molecule has 2 saturated carbocycles. The van der Waals surface area contributed by atoms with E-state index in [4.69, 9.17) is 11.6 Å². The van der Waals surface area contributed by atoms with Crippen molar-refractivity contribution in [1.29, 1.82) is 0 Å². The zero-order chi connectivity index (χ0) is 20.7. The SMILES string of the molecule is ClOCl.OC1(C(CN2CCNCC2)c2cccc(Cl)c2)CCC2CCCCC2C1. The van der Waals surface area contributed by atoms with E-state index < -0.39 is 5.60 Å². The van der Waals surface area contributed by atoms with Crippen LogP contribution in [-0.2, 0) is 3.84 Å². The number of nitrogens with zero attached hydrogens (tertiary/aromatic N) is 1. The summed E-state index contributed by atoms with van der Waals surface area (Å²) in [5.74, 6) is 1.72. The molecule has 1 heterocycles. The van der Waals surface area contributed by atoms with Gasteiger partial charge in [-0.1, -0.05) is 49.4 Å². The van der Waals surface area contributed by atoms with Gasteiger partial charge in [0, 0.05) is 43.7 Å². The Morgan fingerprint density at radius 2 is 1.83 bits per heavy atom. The molecule has 2 aliphatic carbocycles. The number of nitrogens with one attached hydrogen (secondary N) is 1. The summed E-state index contributed by atoms with van der Waals surface area (Å²) in [6.45, 7) is 5.17. The van der Waals surface area contributed by atoms with Crippen LogP contribution in [0.15, 0.2) is 24.3 Å². The standard InChI is InChI=1S/C22H33ClN2O.Cl2O/c23-20-7-3-6-18(14-20)21(16-25-12-10-24-11-13-25)22(26)9-8-17-4-1-2-5-19(17)15-22;1-3-2/h3,6-7,14,17,19,21,24,26H,1-2,4-5,8-13,15-16H2;. The lowest BCUT2D eigenvalue weighted by Gasteiger charge is -2.48. The van der Waals surface area contributed by atoms with Crippen LogP contribution in [0.25, 0.3) is 0 Å². The van der Waals surface area contributed by atoms with Gasteiger partial charge in [-0.3, -0.25) is 0 Å². The molecule has 0 radical (unpaired) electrons. The molecule has 0 amide bonds. The molecule has 0 spiro atoms. The maximum Gasteiger partial charge on any atom is 0.0832 e. The molecule has 1 aromatic carbocycles. The summed E-state index contributed by atoms with van der Waals surface area (Å²) in [6.07, 6.45) is 8.52. The van der Waals surface area contributed by atoms with E-state index in [0.29, 0.717) is 5.92 Å². The van der Waals surface area contributed by atoms with Crippen LogP contribution >= 0.6 is 35.3 Å². The van der Waals surface area contributed by atoms with E-state index >= 15 is 0 Å². The third-order valence-corrected chi connectivity index (χ3v) is 7.42. The van der Waals surface area contributed by atoms with Crippen LogP contribution in [0, 0.1) is 11.8 Å². The largest absolute Gasteiger partial charge is 0.389 e. The molecular weight excluding hydrogens is 431 g/mol. The van der Waals surface area contributed by atoms with Crippen LogP contribution in [-0.4, -0.2) is 48.3 Å². The number of fused-ring (bicyclic) bond motifs is 1. The van der Waals surface area contributed by atoms with Crippen LogP contribution in [0.4, 0.5) is 0 Å². The summed E-state index contributed by atoms with van der Waals surface area (Å²) in [5.41, 5.74) is 0.626. The van der Waals surface area contributed by atoms with Gasteiger partial charge in [-0.25, -0.2) is 0 Å². The fraction of sp³-hybridized carbons (Fsp3) is 0.727. The second kappa shape index (κ2) is 11.5. The first-order valence-electron chi connectivity index (χ1n) is 10.9. The lowest BCUT2D eigenvalue weighted by Crippen LogP contribution is -2.51. The van der Waals surface area contributed by atoms with Gasteiger partial charge < -0.3 is 15.3 Å². The molecular formula is C22H33Cl3N2O2. The Morgan fingerprint density at radius 3 is 2.52 bits per heavy atom. The highest BCUT2D eigenvalue weighted by Gasteiger charge is 2.46. The average Bonchev–Trinajstić information content (AvgIpc) is 2.73. The van der Waals surface area contributed by atoms with E-state index in [-0.39, 0.29) is 5.92 Å². The number of rotatable bonds is 4. The Labute approximate surface area is 190 Å². The molecule has 1 aromatic rings. The minimum Gasteiger partial charge on any atom is -0.389 e. The quantitative estimate of drug-likeness (QED) is 0.631. The number of benzene rings is 1. The Balaban J connectivity index is 0.000000755. The van der Waals surface area contributed by atoms with Gasteiger partial charge in [-0.2, -0.15) is 3.84 Å². The highest BCUT2D eigenvalue weighted by atomic mass is 35.6. The zero-order valence-electron chi connectivity index (χ0n) is 17.0. The highest BCUT2D eigenvalue weighted by molar-refractivity contribution is 6.30. The van der Waals surface area contributed by atoms with Crippen molar-refractivity contribution >= 4 is 35.3 Å². The fourth-order valence-corrected chi connectivity index (χ4v) is 5.90. The smallest absolute Gasteiger partial charge is 0.0832 e. The first-order valence-corrected chi connectivity index (χ1v) is 11.9. The molecule has 4 nitrogen and oxygen atoms in total. The number of halogens is 3. The van der Waals surface area contributed by atoms with Gasteiger partial charge in [0.05, 0.1) is 29.3 Å². The van der Waals surface area contributed by atoms with Crippen molar-refractivity contribution in [3.05, 3.63) is 34.9 Å².